The molecule has 0 unspecified atom stereocenters. The summed E-state index contributed by atoms with van der Waals surface area (Å²) in [5, 5.41) is 0.429. The quantitative estimate of drug-likeness (QED) is 0.454. The molecule has 1 fully saturated rings. The molecule has 2 aromatic carbocycles. The molecule has 0 spiro atoms. The number of benzene rings is 2. The fourth-order valence-electron chi connectivity index (χ4n) is 2.73. The SMILES string of the molecule is C#CCOc1ccc(/C=C2\C(=O)N(c3ccccc3)C(=S)N2C)cc1OC. The summed E-state index contributed by atoms with van der Waals surface area (Å²) in [6.07, 6.45) is 6.99. The summed E-state index contributed by atoms with van der Waals surface area (Å²) in [7, 11) is 3.32. The fourth-order valence-corrected chi connectivity index (χ4v) is 3.02. The highest BCUT2D eigenvalue weighted by atomic mass is 32.1. The number of hydrogen-bond acceptors (Lipinski definition) is 4. The molecule has 6 heteroatoms. The van der Waals surface area contributed by atoms with Crippen molar-refractivity contribution in [1.29, 1.82) is 0 Å². The van der Waals surface area contributed by atoms with E-state index in [4.69, 9.17) is 28.1 Å². The Labute approximate surface area is 163 Å². The maximum absolute atomic E-state index is 12.9. The smallest absolute Gasteiger partial charge is 0.281 e. The van der Waals surface area contributed by atoms with Crippen molar-refractivity contribution in [3.8, 4) is 23.8 Å². The Hall–Kier alpha value is -3.30. The molecule has 0 atom stereocenters. The van der Waals surface area contributed by atoms with E-state index >= 15 is 0 Å². The van der Waals surface area contributed by atoms with Crippen LogP contribution in [0.1, 0.15) is 5.56 Å². The lowest BCUT2D eigenvalue weighted by molar-refractivity contribution is -0.114. The van der Waals surface area contributed by atoms with Crippen LogP contribution < -0.4 is 14.4 Å². The van der Waals surface area contributed by atoms with Gasteiger partial charge in [-0.2, -0.15) is 0 Å². The number of nitrogens with zero attached hydrogens (tertiary/aromatic N) is 2. The second-order valence-electron chi connectivity index (χ2n) is 5.75. The average molecular weight is 378 g/mol. The van der Waals surface area contributed by atoms with Crippen LogP contribution in [0.15, 0.2) is 54.2 Å². The second kappa shape index (κ2) is 7.94. The number of thiocarbonyl (C=S) groups is 1. The Morgan fingerprint density at radius 1 is 1.19 bits per heavy atom. The van der Waals surface area contributed by atoms with Gasteiger partial charge in [-0.15, -0.1) is 6.42 Å². The second-order valence-corrected chi connectivity index (χ2v) is 6.12. The molecule has 0 radical (unpaired) electrons. The zero-order valence-corrected chi connectivity index (χ0v) is 15.8. The summed E-state index contributed by atoms with van der Waals surface area (Å²) in [5.74, 6) is 3.32. The van der Waals surface area contributed by atoms with Gasteiger partial charge in [0.25, 0.3) is 5.91 Å². The van der Waals surface area contributed by atoms with Crippen LogP contribution in [0.5, 0.6) is 11.5 Å². The van der Waals surface area contributed by atoms with Crippen LogP contribution in [0, 0.1) is 12.3 Å². The number of carbonyl (C=O) groups is 1. The van der Waals surface area contributed by atoms with Crippen LogP contribution in [0.4, 0.5) is 5.69 Å². The van der Waals surface area contributed by atoms with E-state index in [2.05, 4.69) is 5.92 Å². The van der Waals surface area contributed by atoms with Crippen LogP contribution in [0.2, 0.25) is 0 Å². The number of para-hydroxylation sites is 1. The number of methoxy groups -OCH3 is 1. The molecule has 1 heterocycles. The molecule has 0 saturated carbocycles. The Morgan fingerprint density at radius 2 is 1.93 bits per heavy atom. The Morgan fingerprint density at radius 3 is 2.59 bits per heavy atom. The Balaban J connectivity index is 1.94. The number of likely N-dealkylation sites (N-methyl/N-ethyl adjacent to an activating group) is 1. The molecule has 1 amide bonds. The van der Waals surface area contributed by atoms with Gasteiger partial charge in [-0.25, -0.2) is 0 Å². The minimum absolute atomic E-state index is 0.151. The van der Waals surface area contributed by atoms with Crippen molar-refractivity contribution in [3.05, 3.63) is 59.8 Å². The third-order valence-corrected chi connectivity index (χ3v) is 4.53. The summed E-state index contributed by atoms with van der Waals surface area (Å²) in [6, 6.07) is 14.7. The first kappa shape index (κ1) is 18.5. The summed E-state index contributed by atoms with van der Waals surface area (Å²) in [6.45, 7) is 0.151. The number of hydrogen-bond donors (Lipinski definition) is 0. The lowest BCUT2D eigenvalue weighted by Crippen LogP contribution is -2.30. The van der Waals surface area contributed by atoms with E-state index in [0.29, 0.717) is 22.3 Å². The molecule has 1 aliphatic heterocycles. The molecular formula is C21H18N2O3S. The first-order valence-electron chi connectivity index (χ1n) is 8.20. The molecule has 1 aliphatic rings. The van der Waals surface area contributed by atoms with Crippen molar-refractivity contribution < 1.29 is 14.3 Å². The van der Waals surface area contributed by atoms with Gasteiger partial charge in [0.05, 0.1) is 12.8 Å². The predicted molar refractivity (Wildman–Crippen MR) is 110 cm³/mol. The van der Waals surface area contributed by atoms with Gasteiger partial charge in [-0.3, -0.25) is 9.69 Å². The monoisotopic (exact) mass is 378 g/mol. The maximum Gasteiger partial charge on any atom is 0.281 e. The number of carbonyl (C=O) groups excluding carboxylic acids is 1. The van der Waals surface area contributed by atoms with Gasteiger partial charge in [-0.05, 0) is 48.1 Å². The van der Waals surface area contributed by atoms with Crippen LogP contribution >= 0.6 is 12.2 Å². The molecule has 1 saturated heterocycles. The predicted octanol–water partition coefficient (Wildman–Crippen LogP) is 3.31. The zero-order chi connectivity index (χ0) is 19.4. The third-order valence-electron chi connectivity index (χ3n) is 4.08. The molecule has 27 heavy (non-hydrogen) atoms. The summed E-state index contributed by atoms with van der Waals surface area (Å²) < 4.78 is 10.8. The van der Waals surface area contributed by atoms with Crippen molar-refractivity contribution in [2.45, 2.75) is 0 Å². The van der Waals surface area contributed by atoms with Crippen LogP contribution in [0.3, 0.4) is 0 Å². The van der Waals surface area contributed by atoms with Gasteiger partial charge in [0.15, 0.2) is 16.6 Å². The fraction of sp³-hybridized carbons (Fsp3) is 0.143. The summed E-state index contributed by atoms with van der Waals surface area (Å²) in [5.41, 5.74) is 1.99. The van der Waals surface area contributed by atoms with Crippen molar-refractivity contribution in [3.63, 3.8) is 0 Å². The van der Waals surface area contributed by atoms with Gasteiger partial charge in [0, 0.05) is 7.05 Å². The highest BCUT2D eigenvalue weighted by molar-refractivity contribution is 7.80. The molecule has 0 aromatic heterocycles. The number of terminal acetylenes is 1. The van der Waals surface area contributed by atoms with Crippen LogP contribution in [0.25, 0.3) is 6.08 Å². The third kappa shape index (κ3) is 3.64. The van der Waals surface area contributed by atoms with Gasteiger partial charge >= 0.3 is 0 Å². The van der Waals surface area contributed by atoms with Gasteiger partial charge in [0.2, 0.25) is 0 Å². The molecule has 5 nitrogen and oxygen atoms in total. The van der Waals surface area contributed by atoms with Gasteiger partial charge in [0.1, 0.15) is 12.3 Å². The van der Waals surface area contributed by atoms with Crippen molar-refractivity contribution in [2.75, 3.05) is 25.7 Å². The van der Waals surface area contributed by atoms with Crippen LogP contribution in [-0.2, 0) is 4.79 Å². The first-order chi connectivity index (χ1) is 13.1. The topological polar surface area (TPSA) is 42.0 Å². The van der Waals surface area contributed by atoms with E-state index in [1.165, 1.54) is 4.90 Å². The Bertz CT molecular complexity index is 948. The molecule has 3 rings (SSSR count). The minimum atomic E-state index is -0.180. The lowest BCUT2D eigenvalue weighted by atomic mass is 10.1. The van der Waals surface area contributed by atoms with Crippen molar-refractivity contribution in [2.24, 2.45) is 0 Å². The maximum atomic E-state index is 12.9. The van der Waals surface area contributed by atoms with Crippen molar-refractivity contribution >= 4 is 35.0 Å². The lowest BCUT2D eigenvalue weighted by Gasteiger charge is -2.16. The van der Waals surface area contributed by atoms with E-state index in [9.17, 15) is 4.79 Å². The average Bonchev–Trinajstić information content (AvgIpc) is 2.90. The number of anilines is 1. The highest BCUT2D eigenvalue weighted by Gasteiger charge is 2.36. The number of ether oxygens (including phenoxy) is 2. The standard InChI is InChI=1S/C21H18N2O3S/c1-4-12-26-18-11-10-15(14-19(18)25-3)13-17-20(24)23(21(27)22(17)2)16-8-6-5-7-9-16/h1,5-11,13-14H,12H2,2-3H3/b17-13+. The van der Waals surface area contributed by atoms with Crippen LogP contribution in [-0.4, -0.2) is 36.7 Å². The number of rotatable bonds is 5. The summed E-state index contributed by atoms with van der Waals surface area (Å²) in [4.78, 5) is 16.2. The zero-order valence-electron chi connectivity index (χ0n) is 15.0. The normalized spacial score (nSPS) is 15.2. The Kier molecular flexibility index (Phi) is 5.43. The highest BCUT2D eigenvalue weighted by Crippen LogP contribution is 2.31. The molecular weight excluding hydrogens is 360 g/mol. The summed E-state index contributed by atoms with van der Waals surface area (Å²) >= 11 is 5.46. The molecule has 0 aliphatic carbocycles. The molecule has 2 aromatic rings. The largest absolute Gasteiger partial charge is 0.493 e. The van der Waals surface area contributed by atoms with Gasteiger partial charge < -0.3 is 14.4 Å². The number of amides is 1. The first-order valence-corrected chi connectivity index (χ1v) is 8.61. The van der Waals surface area contributed by atoms with E-state index in [-0.39, 0.29) is 12.5 Å². The van der Waals surface area contributed by atoms with E-state index in [0.717, 1.165) is 11.3 Å². The minimum Gasteiger partial charge on any atom is -0.493 e. The molecule has 0 bridgehead atoms. The van der Waals surface area contributed by atoms with E-state index < -0.39 is 0 Å². The van der Waals surface area contributed by atoms with Crippen molar-refractivity contribution in [1.82, 2.24) is 4.90 Å². The molecule has 136 valence electrons. The van der Waals surface area contributed by atoms with Gasteiger partial charge in [-0.1, -0.05) is 30.2 Å². The van der Waals surface area contributed by atoms with E-state index in [1.807, 2.05) is 36.4 Å². The molecule has 0 N–H and O–H groups in total. The van der Waals surface area contributed by atoms with E-state index in [1.54, 1.807) is 37.3 Å².